The highest BCUT2D eigenvalue weighted by molar-refractivity contribution is 6.00. The molecule has 8 heterocycles. The molecule has 2 atom stereocenters. The van der Waals surface area contributed by atoms with Crippen LogP contribution in [-0.2, 0) is 17.8 Å². The molecule has 2 aromatic heterocycles. The maximum atomic E-state index is 13.6. The first-order chi connectivity index (χ1) is 45.3. The van der Waals surface area contributed by atoms with Crippen LogP contribution in [0.5, 0.6) is 35.0 Å². The summed E-state index contributed by atoms with van der Waals surface area (Å²) in [5.41, 5.74) is 4.16. The third-order valence-electron chi connectivity index (χ3n) is 16.4. The molecule has 4 aromatic carbocycles. The smallest absolute Gasteiger partial charge is 0.410 e. The lowest BCUT2D eigenvalue weighted by Crippen LogP contribution is -2.35. The quantitative estimate of drug-likeness (QED) is 0.0714. The van der Waals surface area contributed by atoms with E-state index in [1.165, 1.54) is 6.42 Å². The zero-order valence-corrected chi connectivity index (χ0v) is 55.2. The second-order valence-corrected chi connectivity index (χ2v) is 25.1. The number of fused-ring (bicyclic) bond motifs is 24. The average Bonchev–Trinajstić information content (AvgIpc) is 1.27. The van der Waals surface area contributed by atoms with Crippen molar-refractivity contribution < 1.29 is 47.5 Å². The highest BCUT2D eigenvalue weighted by Gasteiger charge is 2.31. The van der Waals surface area contributed by atoms with Gasteiger partial charge in [0.25, 0.3) is 0 Å². The number of ether oxygens (including phenoxy) is 7. The van der Waals surface area contributed by atoms with Crippen LogP contribution in [0, 0.1) is 11.8 Å². The van der Waals surface area contributed by atoms with Gasteiger partial charge >= 0.3 is 18.1 Å². The maximum absolute atomic E-state index is 13.6. The van der Waals surface area contributed by atoms with Crippen molar-refractivity contribution >= 4 is 52.8 Å². The topological polar surface area (TPSA) is 257 Å². The molecular weight excluding hydrogens is 1180 g/mol. The summed E-state index contributed by atoms with van der Waals surface area (Å²) in [6.07, 6.45) is 17.0. The number of nitrogens with zero attached hydrogens (tertiary/aromatic N) is 7. The molecule has 2 saturated heterocycles. The Kier molecular flexibility index (Phi) is 26.7. The van der Waals surface area contributed by atoms with Gasteiger partial charge in [-0.15, -0.1) is 0 Å². The molecule has 0 saturated carbocycles. The zero-order valence-electron chi connectivity index (χ0n) is 55.2. The summed E-state index contributed by atoms with van der Waals surface area (Å²) < 4.78 is 41.2. The lowest BCUT2D eigenvalue weighted by Gasteiger charge is -2.24. The van der Waals surface area contributed by atoms with Crippen LogP contribution < -0.4 is 55.0 Å². The third-order valence-corrected chi connectivity index (χ3v) is 16.4. The predicted octanol–water partition coefficient (Wildman–Crippen LogP) is 14.3. The fourth-order valence-corrected chi connectivity index (χ4v) is 11.3. The molecule has 2 unspecified atom stereocenters. The number of amides is 1. The van der Waals surface area contributed by atoms with E-state index >= 15 is 0 Å². The summed E-state index contributed by atoms with van der Waals surface area (Å²) in [5.74, 6) is 5.18. The van der Waals surface area contributed by atoms with Crippen LogP contribution in [0.2, 0.25) is 0 Å². The average molecular weight is 1280 g/mol. The summed E-state index contributed by atoms with van der Waals surface area (Å²) in [4.78, 5) is 68.1. The van der Waals surface area contributed by atoms with E-state index < -0.39 is 5.60 Å². The van der Waals surface area contributed by atoms with Gasteiger partial charge < -0.3 is 64.6 Å². The molecule has 0 spiro atoms. The van der Waals surface area contributed by atoms with Gasteiger partial charge in [-0.1, -0.05) is 75.6 Å². The molecule has 22 nitrogen and oxygen atoms in total. The Morgan fingerprint density at radius 2 is 0.968 bits per heavy atom. The Hall–Kier alpha value is -8.53. The van der Waals surface area contributed by atoms with Crippen molar-refractivity contribution in [2.75, 3.05) is 87.1 Å². The van der Waals surface area contributed by atoms with Gasteiger partial charge in [-0.2, -0.15) is 29.9 Å². The van der Waals surface area contributed by atoms with E-state index in [4.69, 9.17) is 33.2 Å². The first-order valence-electron chi connectivity index (χ1n) is 33.8. The van der Waals surface area contributed by atoms with Crippen molar-refractivity contribution in [3.63, 3.8) is 0 Å². The van der Waals surface area contributed by atoms with Gasteiger partial charge in [0.05, 0.1) is 50.8 Å². The highest BCUT2D eigenvalue weighted by Crippen LogP contribution is 2.32. The number of rotatable bonds is 12. The molecule has 22 heteroatoms. The minimum atomic E-state index is -0.536. The van der Waals surface area contributed by atoms with Gasteiger partial charge in [-0.05, 0) is 171 Å². The predicted molar refractivity (Wildman–Crippen MR) is 360 cm³/mol. The molecule has 6 aromatic rings. The second kappa shape index (κ2) is 36.1. The number of Topliss-reactive ketones (excluding diaryl/α,β-unsaturated/α-hetero) is 2. The molecule has 6 aliphatic heterocycles. The number of carbonyl (C=O) groups is 3. The van der Waals surface area contributed by atoms with Crippen molar-refractivity contribution in [3.05, 3.63) is 107 Å². The number of likely N-dealkylation sites (tertiary alicyclic amines) is 1. The van der Waals surface area contributed by atoms with Crippen LogP contribution in [0.4, 0.5) is 40.0 Å². The van der Waals surface area contributed by atoms with Gasteiger partial charge in [0, 0.05) is 62.5 Å². The van der Waals surface area contributed by atoms with E-state index in [-0.39, 0.29) is 35.6 Å². The summed E-state index contributed by atoms with van der Waals surface area (Å²) in [7, 11) is 0. The van der Waals surface area contributed by atoms with Gasteiger partial charge in [-0.3, -0.25) is 9.59 Å². The number of hydrogen-bond acceptors (Lipinski definition) is 21. The van der Waals surface area contributed by atoms with Gasteiger partial charge in [-0.25, -0.2) is 4.79 Å². The molecule has 5 N–H and O–H groups in total. The molecule has 6 aliphatic rings. The van der Waals surface area contributed by atoms with E-state index in [1.807, 2.05) is 113 Å². The van der Waals surface area contributed by atoms with Gasteiger partial charge in [0.2, 0.25) is 23.8 Å². The molecule has 1 amide bonds. The molecule has 0 aliphatic carbocycles. The van der Waals surface area contributed by atoms with E-state index in [2.05, 4.69) is 56.5 Å². The number of carbonyl (C=O) groups excluding carboxylic acids is 3. The van der Waals surface area contributed by atoms with Crippen LogP contribution in [-0.4, -0.2) is 124 Å². The Bertz CT molecular complexity index is 3310. The van der Waals surface area contributed by atoms with E-state index in [9.17, 15) is 14.4 Å². The van der Waals surface area contributed by atoms with Gasteiger partial charge in [0.1, 0.15) is 28.6 Å². The molecule has 12 bridgehead atoms. The summed E-state index contributed by atoms with van der Waals surface area (Å²) in [6.45, 7) is 17.0. The number of anilines is 6. The molecule has 12 rings (SSSR count). The number of nitrogens with one attached hydrogen (secondary N) is 5. The normalized spacial score (nSPS) is 17.7. The van der Waals surface area contributed by atoms with Crippen LogP contribution in [0.1, 0.15) is 182 Å². The van der Waals surface area contributed by atoms with Crippen LogP contribution in [0.15, 0.2) is 84.9 Å². The monoisotopic (exact) mass is 1280 g/mol. The van der Waals surface area contributed by atoms with Crippen molar-refractivity contribution in [2.24, 2.45) is 11.8 Å². The number of hydrogen-bond donors (Lipinski definition) is 5. The largest absolute Gasteiger partial charge is 0.494 e. The van der Waals surface area contributed by atoms with E-state index in [0.717, 1.165) is 131 Å². The lowest BCUT2D eigenvalue weighted by atomic mass is 9.97. The lowest BCUT2D eigenvalue weighted by molar-refractivity contribution is 0.0287. The van der Waals surface area contributed by atoms with Crippen LogP contribution in [0.25, 0.3) is 0 Å². The second-order valence-electron chi connectivity index (χ2n) is 25.1. The van der Waals surface area contributed by atoms with Gasteiger partial charge in [0.15, 0.2) is 11.6 Å². The summed E-state index contributed by atoms with van der Waals surface area (Å²) in [6, 6.07) is 27.6. The van der Waals surface area contributed by atoms with E-state index in [1.54, 1.807) is 11.0 Å². The molecule has 2 fully saturated rings. The SMILES string of the molecule is CCOc1nc2nc(n1)Nc1ccc(C(=O)CCC3CCN(C(=O)OC(C)(C)C)C3)c(c1)OCCCCCCCCOc1ccc(cc1)CN2.CCOc1nc2nc(n1)Nc1ccc(C(=O)CCC3CCNC3)c(c1)OCCCCCCCCOc1ccc(cc1)CN2. The fourth-order valence-electron chi connectivity index (χ4n) is 11.3. The van der Waals surface area contributed by atoms with Crippen molar-refractivity contribution in [1.29, 1.82) is 0 Å². The third kappa shape index (κ3) is 23.2. The molecular formula is C71H96N12O10. The maximum Gasteiger partial charge on any atom is 0.410 e. The minimum Gasteiger partial charge on any atom is -0.494 e. The van der Waals surface area contributed by atoms with Crippen LogP contribution >= 0.6 is 0 Å². The number of aromatic nitrogens is 6. The summed E-state index contributed by atoms with van der Waals surface area (Å²) in [5, 5.41) is 16.5. The highest BCUT2D eigenvalue weighted by atomic mass is 16.6. The van der Waals surface area contributed by atoms with Crippen LogP contribution in [0.3, 0.4) is 0 Å². The van der Waals surface area contributed by atoms with Crippen molar-refractivity contribution in [2.45, 2.75) is 169 Å². The Labute approximate surface area is 548 Å². The zero-order chi connectivity index (χ0) is 65.0. The molecule has 500 valence electrons. The first-order valence-corrected chi connectivity index (χ1v) is 33.8. The Morgan fingerprint density at radius 3 is 1.41 bits per heavy atom. The summed E-state index contributed by atoms with van der Waals surface area (Å²) >= 11 is 0. The number of benzene rings is 4. The standard InChI is InChI=1S/C38H52N6O6.C33H44N6O4/c1-5-47-36-42-34-39-25-27-12-16-30(17-13-27)48-22-10-8-6-7-9-11-23-49-33-24-29(40-35(41-34)43-36)15-18-31(33)32(45)19-14-28-20-21-44(26-28)37(46)50-38(2,3)4;1-2-41-33-38-31-35-23-24-9-13-27(14-10-24)42-19-7-5-3-4-6-8-20-43-30-21-26(36-32(37-31)39-33)12-15-28(30)29(40)16-11-25-17-18-34-22-25/h12-13,15-18,24,28H,5-11,14,19-23,25-26H2,1-4H3,(H2,39,40,41,42,43);9-10,12-15,21,25,34H,2-8,11,16-20,22-23H2,1H3,(H2,35,36,37,38,39). The molecule has 93 heavy (non-hydrogen) atoms. The van der Waals surface area contributed by atoms with E-state index in [0.29, 0.717) is 143 Å². The Balaban J connectivity index is 0.000000222. The molecule has 0 radical (unpaired) electrons. The fraction of sp³-hybridized carbons (Fsp3) is 0.535. The first kappa shape index (κ1) is 68.8. The van der Waals surface area contributed by atoms with Crippen molar-refractivity contribution in [1.82, 2.24) is 40.1 Å². The number of ketones is 2. The van der Waals surface area contributed by atoms with Crippen molar-refractivity contribution in [3.8, 4) is 35.0 Å². The minimum absolute atomic E-state index is 0.0139. The Morgan fingerprint density at radius 1 is 0.527 bits per heavy atom.